The Balaban J connectivity index is 1.75. The molecule has 0 saturated heterocycles. The molecule has 4 nitrogen and oxygen atoms in total. The van der Waals surface area contributed by atoms with E-state index in [0.717, 1.165) is 11.3 Å². The SMILES string of the molecule is CCN(Cc1ccccc1)C(=O)c1cccc(C(=O)Nc2ccccc2)c1. The number of carbonyl (C=O) groups excluding carboxylic acids is 2. The van der Waals surface area contributed by atoms with Crippen LogP contribution in [0.2, 0.25) is 0 Å². The molecule has 1 N–H and O–H groups in total. The predicted molar refractivity (Wildman–Crippen MR) is 108 cm³/mol. The standard InChI is InChI=1S/C23H22N2O2/c1-2-25(17-18-10-5-3-6-11-18)23(27)20-13-9-12-19(16-20)22(26)24-21-14-7-4-8-15-21/h3-16H,2,17H2,1H3,(H,24,26). The summed E-state index contributed by atoms with van der Waals surface area (Å²) >= 11 is 0. The van der Waals surface area contributed by atoms with Crippen LogP contribution >= 0.6 is 0 Å². The molecule has 0 heterocycles. The number of rotatable bonds is 6. The lowest BCUT2D eigenvalue weighted by molar-refractivity contribution is 0.0752. The topological polar surface area (TPSA) is 49.4 Å². The quantitative estimate of drug-likeness (QED) is 0.700. The van der Waals surface area contributed by atoms with Crippen molar-refractivity contribution in [3.8, 4) is 0 Å². The molecule has 0 unspecified atom stereocenters. The molecule has 0 saturated carbocycles. The van der Waals surface area contributed by atoms with Crippen LogP contribution in [0, 0.1) is 0 Å². The zero-order valence-corrected chi connectivity index (χ0v) is 15.3. The van der Waals surface area contributed by atoms with Crippen molar-refractivity contribution in [3.63, 3.8) is 0 Å². The fourth-order valence-corrected chi connectivity index (χ4v) is 2.83. The molecule has 0 aliphatic carbocycles. The Morgan fingerprint density at radius 1 is 0.815 bits per heavy atom. The molecule has 3 aromatic rings. The Morgan fingerprint density at radius 3 is 2.11 bits per heavy atom. The van der Waals surface area contributed by atoms with E-state index in [1.165, 1.54) is 0 Å². The van der Waals surface area contributed by atoms with Crippen molar-refractivity contribution in [2.24, 2.45) is 0 Å². The van der Waals surface area contributed by atoms with Gasteiger partial charge in [-0.3, -0.25) is 9.59 Å². The number of hydrogen-bond donors (Lipinski definition) is 1. The first kappa shape index (κ1) is 18.4. The lowest BCUT2D eigenvalue weighted by atomic mass is 10.1. The van der Waals surface area contributed by atoms with Crippen molar-refractivity contribution in [3.05, 3.63) is 102 Å². The first-order chi connectivity index (χ1) is 13.2. The maximum absolute atomic E-state index is 12.9. The van der Waals surface area contributed by atoms with Gasteiger partial charge in [0.2, 0.25) is 0 Å². The lowest BCUT2D eigenvalue weighted by Gasteiger charge is -2.21. The first-order valence-corrected chi connectivity index (χ1v) is 8.97. The first-order valence-electron chi connectivity index (χ1n) is 8.97. The second-order valence-corrected chi connectivity index (χ2v) is 6.21. The van der Waals surface area contributed by atoms with Crippen molar-refractivity contribution in [1.29, 1.82) is 0 Å². The minimum Gasteiger partial charge on any atom is -0.335 e. The lowest BCUT2D eigenvalue weighted by Crippen LogP contribution is -2.30. The van der Waals surface area contributed by atoms with Gasteiger partial charge in [-0.2, -0.15) is 0 Å². The number of benzene rings is 3. The van der Waals surface area contributed by atoms with Crippen molar-refractivity contribution < 1.29 is 9.59 Å². The van der Waals surface area contributed by atoms with E-state index in [9.17, 15) is 9.59 Å². The van der Waals surface area contributed by atoms with Crippen LogP contribution in [0.3, 0.4) is 0 Å². The summed E-state index contributed by atoms with van der Waals surface area (Å²) in [5.41, 5.74) is 2.76. The third-order valence-corrected chi connectivity index (χ3v) is 4.29. The van der Waals surface area contributed by atoms with Crippen LogP contribution in [0.25, 0.3) is 0 Å². The van der Waals surface area contributed by atoms with Gasteiger partial charge in [-0.15, -0.1) is 0 Å². The highest BCUT2D eigenvalue weighted by Crippen LogP contribution is 2.14. The fraction of sp³-hybridized carbons (Fsp3) is 0.130. The predicted octanol–water partition coefficient (Wildman–Crippen LogP) is 4.60. The number of carbonyl (C=O) groups is 2. The number of amides is 2. The molecule has 4 heteroatoms. The second-order valence-electron chi connectivity index (χ2n) is 6.21. The molecule has 0 aromatic heterocycles. The zero-order valence-electron chi connectivity index (χ0n) is 15.3. The molecule has 136 valence electrons. The van der Waals surface area contributed by atoms with Gasteiger partial charge >= 0.3 is 0 Å². The maximum atomic E-state index is 12.9. The van der Waals surface area contributed by atoms with Crippen molar-refractivity contribution in [2.75, 3.05) is 11.9 Å². The highest BCUT2D eigenvalue weighted by Gasteiger charge is 2.16. The molecule has 0 fully saturated rings. The molecule has 27 heavy (non-hydrogen) atoms. The molecule has 3 rings (SSSR count). The van der Waals surface area contributed by atoms with Crippen molar-refractivity contribution in [1.82, 2.24) is 4.90 Å². The Bertz CT molecular complexity index is 908. The third kappa shape index (κ3) is 4.82. The van der Waals surface area contributed by atoms with E-state index in [4.69, 9.17) is 0 Å². The molecule has 0 atom stereocenters. The van der Waals surface area contributed by atoms with E-state index in [0.29, 0.717) is 24.2 Å². The van der Waals surface area contributed by atoms with E-state index in [1.54, 1.807) is 29.2 Å². The summed E-state index contributed by atoms with van der Waals surface area (Å²) in [6.07, 6.45) is 0. The minimum atomic E-state index is -0.234. The van der Waals surface area contributed by atoms with E-state index in [1.807, 2.05) is 67.6 Å². The Hall–Kier alpha value is -3.40. The molecule has 0 spiro atoms. The van der Waals surface area contributed by atoms with E-state index >= 15 is 0 Å². The zero-order chi connectivity index (χ0) is 19.1. The van der Waals surface area contributed by atoms with Crippen LogP contribution in [0.15, 0.2) is 84.9 Å². The smallest absolute Gasteiger partial charge is 0.255 e. The number of anilines is 1. The molecule has 0 bridgehead atoms. The molecule has 0 aliphatic rings. The minimum absolute atomic E-state index is 0.0873. The number of nitrogens with zero attached hydrogens (tertiary/aromatic N) is 1. The fourth-order valence-electron chi connectivity index (χ4n) is 2.83. The van der Waals surface area contributed by atoms with Gasteiger partial charge in [0.25, 0.3) is 11.8 Å². The molecular formula is C23H22N2O2. The van der Waals surface area contributed by atoms with Gasteiger partial charge in [0, 0.05) is 29.9 Å². The summed E-state index contributed by atoms with van der Waals surface area (Å²) < 4.78 is 0. The highest BCUT2D eigenvalue weighted by atomic mass is 16.2. The van der Waals surface area contributed by atoms with Gasteiger partial charge in [0.1, 0.15) is 0 Å². The van der Waals surface area contributed by atoms with Crippen molar-refractivity contribution in [2.45, 2.75) is 13.5 Å². The van der Waals surface area contributed by atoms with Crippen LogP contribution in [0.5, 0.6) is 0 Å². The van der Waals surface area contributed by atoms with E-state index in [2.05, 4.69) is 5.32 Å². The van der Waals surface area contributed by atoms with Crippen LogP contribution in [0.1, 0.15) is 33.2 Å². The summed E-state index contributed by atoms with van der Waals surface area (Å²) in [5.74, 6) is -0.322. The summed E-state index contributed by atoms with van der Waals surface area (Å²) in [5, 5.41) is 2.84. The van der Waals surface area contributed by atoms with Crippen molar-refractivity contribution >= 4 is 17.5 Å². The monoisotopic (exact) mass is 358 g/mol. The summed E-state index contributed by atoms with van der Waals surface area (Å²) in [7, 11) is 0. The van der Waals surface area contributed by atoms with Gasteiger partial charge < -0.3 is 10.2 Å². The average molecular weight is 358 g/mol. The van der Waals surface area contributed by atoms with Gasteiger partial charge in [-0.05, 0) is 42.8 Å². The highest BCUT2D eigenvalue weighted by molar-refractivity contribution is 6.06. The van der Waals surface area contributed by atoms with E-state index in [-0.39, 0.29) is 11.8 Å². The van der Waals surface area contributed by atoms with Crippen LogP contribution < -0.4 is 5.32 Å². The van der Waals surface area contributed by atoms with Crippen LogP contribution in [0.4, 0.5) is 5.69 Å². The second kappa shape index (κ2) is 8.81. The number of para-hydroxylation sites is 1. The van der Waals surface area contributed by atoms with Gasteiger partial charge in [0.15, 0.2) is 0 Å². The largest absolute Gasteiger partial charge is 0.335 e. The Kier molecular flexibility index (Phi) is 6.00. The maximum Gasteiger partial charge on any atom is 0.255 e. The summed E-state index contributed by atoms with van der Waals surface area (Å²) in [6.45, 7) is 3.08. The summed E-state index contributed by atoms with van der Waals surface area (Å²) in [4.78, 5) is 27.2. The normalized spacial score (nSPS) is 10.3. The Labute approximate surface area is 159 Å². The van der Waals surface area contributed by atoms with Crippen LogP contribution in [-0.4, -0.2) is 23.3 Å². The summed E-state index contributed by atoms with van der Waals surface area (Å²) in [6, 6.07) is 26.0. The molecule has 2 amide bonds. The van der Waals surface area contributed by atoms with Gasteiger partial charge in [-0.25, -0.2) is 0 Å². The molecule has 0 aliphatic heterocycles. The van der Waals surface area contributed by atoms with Gasteiger partial charge in [0.05, 0.1) is 0 Å². The number of hydrogen-bond acceptors (Lipinski definition) is 2. The average Bonchev–Trinajstić information content (AvgIpc) is 2.73. The number of nitrogens with one attached hydrogen (secondary N) is 1. The Morgan fingerprint density at radius 2 is 1.44 bits per heavy atom. The van der Waals surface area contributed by atoms with Gasteiger partial charge in [-0.1, -0.05) is 54.6 Å². The molecule has 3 aromatic carbocycles. The third-order valence-electron chi connectivity index (χ3n) is 4.29. The molecular weight excluding hydrogens is 336 g/mol. The van der Waals surface area contributed by atoms with Crippen LogP contribution in [-0.2, 0) is 6.54 Å². The van der Waals surface area contributed by atoms with E-state index < -0.39 is 0 Å². The molecule has 0 radical (unpaired) electrons.